The van der Waals surface area contributed by atoms with Crippen LogP contribution in [0.5, 0.6) is 0 Å². The SMILES string of the molecule is CC(C)CCNC(=O)[C@@H](CC(C)C)NC(=O)N[C@@H](CCCCN)C(=O)O. The highest BCUT2D eigenvalue weighted by Gasteiger charge is 2.25. The predicted octanol–water partition coefficient (Wildman–Crippen LogP) is 1.44. The fourth-order valence-corrected chi connectivity index (χ4v) is 2.42. The number of carbonyl (C=O) groups is 3. The lowest BCUT2D eigenvalue weighted by molar-refractivity contribution is -0.139. The summed E-state index contributed by atoms with van der Waals surface area (Å²) in [6, 6.07) is -2.33. The summed E-state index contributed by atoms with van der Waals surface area (Å²) in [5, 5.41) is 17.1. The molecule has 0 saturated heterocycles. The van der Waals surface area contributed by atoms with Gasteiger partial charge in [-0.05, 0) is 50.5 Å². The minimum absolute atomic E-state index is 0.205. The lowest BCUT2D eigenvalue weighted by Crippen LogP contribution is -2.53. The number of rotatable bonds is 13. The van der Waals surface area contributed by atoms with E-state index < -0.39 is 24.1 Å². The van der Waals surface area contributed by atoms with Gasteiger partial charge in [-0.25, -0.2) is 9.59 Å². The van der Waals surface area contributed by atoms with Crippen molar-refractivity contribution in [3.8, 4) is 0 Å². The summed E-state index contributed by atoms with van der Waals surface area (Å²) < 4.78 is 0. The Labute approximate surface area is 156 Å². The highest BCUT2D eigenvalue weighted by molar-refractivity contribution is 5.88. The van der Waals surface area contributed by atoms with E-state index in [1.165, 1.54) is 0 Å². The van der Waals surface area contributed by atoms with Crippen molar-refractivity contribution < 1.29 is 19.5 Å². The summed E-state index contributed by atoms with van der Waals surface area (Å²) in [5.41, 5.74) is 5.40. The van der Waals surface area contributed by atoms with Crippen molar-refractivity contribution >= 4 is 17.9 Å². The Kier molecular flexibility index (Phi) is 12.4. The van der Waals surface area contributed by atoms with Gasteiger partial charge in [0.15, 0.2) is 0 Å². The van der Waals surface area contributed by atoms with Gasteiger partial charge in [-0.15, -0.1) is 0 Å². The summed E-state index contributed by atoms with van der Waals surface area (Å²) in [7, 11) is 0. The molecule has 8 nitrogen and oxygen atoms in total. The molecule has 0 aromatic carbocycles. The number of urea groups is 1. The zero-order valence-corrected chi connectivity index (χ0v) is 16.5. The van der Waals surface area contributed by atoms with Crippen LogP contribution in [-0.2, 0) is 9.59 Å². The molecule has 0 aliphatic heterocycles. The van der Waals surface area contributed by atoms with Crippen LogP contribution in [0.1, 0.15) is 59.8 Å². The second-order valence-corrected chi connectivity index (χ2v) is 7.45. The van der Waals surface area contributed by atoms with Gasteiger partial charge in [0.2, 0.25) is 5.91 Å². The smallest absolute Gasteiger partial charge is 0.326 e. The van der Waals surface area contributed by atoms with Crippen molar-refractivity contribution in [1.82, 2.24) is 16.0 Å². The van der Waals surface area contributed by atoms with Crippen LogP contribution >= 0.6 is 0 Å². The fourth-order valence-electron chi connectivity index (χ4n) is 2.42. The molecule has 0 aromatic rings. The molecule has 8 heteroatoms. The molecule has 152 valence electrons. The van der Waals surface area contributed by atoms with Gasteiger partial charge in [0.25, 0.3) is 0 Å². The molecule has 0 fully saturated rings. The maximum Gasteiger partial charge on any atom is 0.326 e. The Morgan fingerprint density at radius 3 is 2.04 bits per heavy atom. The first kappa shape index (κ1) is 24.2. The van der Waals surface area contributed by atoms with Gasteiger partial charge in [-0.2, -0.15) is 0 Å². The topological polar surface area (TPSA) is 134 Å². The summed E-state index contributed by atoms with van der Waals surface area (Å²) in [6.45, 7) is 9.08. The van der Waals surface area contributed by atoms with Crippen LogP contribution in [0.15, 0.2) is 0 Å². The Bertz CT molecular complexity index is 441. The number of unbranched alkanes of at least 4 members (excludes halogenated alkanes) is 1. The highest BCUT2D eigenvalue weighted by Crippen LogP contribution is 2.06. The quantitative estimate of drug-likeness (QED) is 0.312. The zero-order valence-electron chi connectivity index (χ0n) is 16.5. The number of carbonyl (C=O) groups excluding carboxylic acids is 2. The number of amides is 3. The van der Waals surface area contributed by atoms with Gasteiger partial charge < -0.3 is 26.8 Å². The molecule has 3 amide bonds. The summed E-state index contributed by atoms with van der Waals surface area (Å²) in [4.78, 5) is 35.8. The molecular weight excluding hydrogens is 336 g/mol. The van der Waals surface area contributed by atoms with Crippen LogP contribution in [0, 0.1) is 11.8 Å². The van der Waals surface area contributed by atoms with Crippen LogP contribution in [-0.4, -0.2) is 48.2 Å². The van der Waals surface area contributed by atoms with E-state index in [1.54, 1.807) is 0 Å². The van der Waals surface area contributed by atoms with E-state index >= 15 is 0 Å². The van der Waals surface area contributed by atoms with Gasteiger partial charge in [-0.1, -0.05) is 27.7 Å². The van der Waals surface area contributed by atoms with E-state index in [-0.39, 0.29) is 11.8 Å². The van der Waals surface area contributed by atoms with E-state index in [1.807, 2.05) is 13.8 Å². The Hall–Kier alpha value is -1.83. The number of aliphatic carboxylic acids is 1. The molecule has 0 heterocycles. The van der Waals surface area contributed by atoms with Crippen LogP contribution in [0.2, 0.25) is 0 Å². The van der Waals surface area contributed by atoms with E-state index in [4.69, 9.17) is 5.73 Å². The lowest BCUT2D eigenvalue weighted by Gasteiger charge is -2.22. The number of nitrogens with two attached hydrogens (primary N) is 1. The average Bonchev–Trinajstić information content (AvgIpc) is 2.52. The first-order valence-electron chi connectivity index (χ1n) is 9.44. The van der Waals surface area contributed by atoms with E-state index in [0.29, 0.717) is 44.7 Å². The predicted molar refractivity (Wildman–Crippen MR) is 102 cm³/mol. The van der Waals surface area contributed by atoms with Gasteiger partial charge in [0, 0.05) is 6.54 Å². The monoisotopic (exact) mass is 372 g/mol. The second-order valence-electron chi connectivity index (χ2n) is 7.45. The third-order valence-electron chi connectivity index (χ3n) is 3.90. The van der Waals surface area contributed by atoms with Gasteiger partial charge in [-0.3, -0.25) is 4.79 Å². The second kappa shape index (κ2) is 13.4. The number of carboxylic acid groups (broad SMARTS) is 1. The standard InChI is InChI=1S/C18H36N4O4/c1-12(2)8-10-20-16(23)15(11-13(3)4)22-18(26)21-14(17(24)25)7-5-6-9-19/h12-15H,5-11,19H2,1-4H3,(H,20,23)(H,24,25)(H2,21,22,26)/t14-,15+/m0/s1. The molecule has 0 rings (SSSR count). The molecular formula is C18H36N4O4. The summed E-state index contributed by atoms with van der Waals surface area (Å²) in [5.74, 6) is -0.667. The minimum Gasteiger partial charge on any atom is -0.480 e. The Morgan fingerprint density at radius 2 is 1.54 bits per heavy atom. The third-order valence-corrected chi connectivity index (χ3v) is 3.90. The highest BCUT2D eigenvalue weighted by atomic mass is 16.4. The van der Waals surface area contributed by atoms with Crippen LogP contribution in [0.3, 0.4) is 0 Å². The van der Waals surface area contributed by atoms with Gasteiger partial charge >= 0.3 is 12.0 Å². The molecule has 0 aliphatic rings. The van der Waals surface area contributed by atoms with Crippen LogP contribution in [0.4, 0.5) is 4.79 Å². The first-order chi connectivity index (χ1) is 12.2. The van der Waals surface area contributed by atoms with E-state index in [0.717, 1.165) is 6.42 Å². The van der Waals surface area contributed by atoms with Crippen molar-refractivity contribution in [3.63, 3.8) is 0 Å². The van der Waals surface area contributed by atoms with Crippen LogP contribution < -0.4 is 21.7 Å². The van der Waals surface area contributed by atoms with Gasteiger partial charge in [0.05, 0.1) is 0 Å². The maximum atomic E-state index is 12.3. The minimum atomic E-state index is -1.10. The molecule has 0 bridgehead atoms. The molecule has 6 N–H and O–H groups in total. The molecule has 0 aromatic heterocycles. The van der Waals surface area contributed by atoms with Gasteiger partial charge in [0.1, 0.15) is 12.1 Å². The van der Waals surface area contributed by atoms with E-state index in [2.05, 4.69) is 29.8 Å². The fraction of sp³-hybridized carbons (Fsp3) is 0.833. The molecule has 0 unspecified atom stereocenters. The Morgan fingerprint density at radius 1 is 0.923 bits per heavy atom. The van der Waals surface area contributed by atoms with Crippen molar-refractivity contribution in [3.05, 3.63) is 0 Å². The number of hydrogen-bond acceptors (Lipinski definition) is 4. The lowest BCUT2D eigenvalue weighted by atomic mass is 10.0. The zero-order chi connectivity index (χ0) is 20.1. The summed E-state index contributed by atoms with van der Waals surface area (Å²) >= 11 is 0. The van der Waals surface area contributed by atoms with Crippen molar-refractivity contribution in [2.45, 2.75) is 71.9 Å². The Balaban J connectivity index is 4.68. The number of carboxylic acids is 1. The average molecular weight is 373 g/mol. The molecule has 0 saturated carbocycles. The number of nitrogens with one attached hydrogen (secondary N) is 3. The van der Waals surface area contributed by atoms with Crippen molar-refractivity contribution in [2.75, 3.05) is 13.1 Å². The van der Waals surface area contributed by atoms with Crippen LogP contribution in [0.25, 0.3) is 0 Å². The van der Waals surface area contributed by atoms with Crippen molar-refractivity contribution in [1.29, 1.82) is 0 Å². The molecule has 26 heavy (non-hydrogen) atoms. The molecule has 0 aliphatic carbocycles. The maximum absolute atomic E-state index is 12.3. The molecule has 0 radical (unpaired) electrons. The van der Waals surface area contributed by atoms with Crippen molar-refractivity contribution in [2.24, 2.45) is 17.6 Å². The third kappa shape index (κ3) is 11.7. The summed E-state index contributed by atoms with van der Waals surface area (Å²) in [6.07, 6.45) is 2.94. The first-order valence-corrected chi connectivity index (χ1v) is 9.44. The normalized spacial score (nSPS) is 13.3. The molecule has 2 atom stereocenters. The van der Waals surface area contributed by atoms with E-state index in [9.17, 15) is 19.5 Å². The number of hydrogen-bond donors (Lipinski definition) is 5. The molecule has 0 spiro atoms. The largest absolute Gasteiger partial charge is 0.480 e.